The third kappa shape index (κ3) is 9.16. The van der Waals surface area contributed by atoms with Crippen molar-refractivity contribution in [1.29, 1.82) is 0 Å². The lowest BCUT2D eigenvalue weighted by Crippen LogP contribution is -2.44. The SMILES string of the molecule is CCOC(=O)C1(C(=O)OCC)CC(/C=C/c2cc(-c3ccccc3)[s+]c(-c3ccccc3)c2)=CC(=C/C=C2C=C(c3ccccc3)SC(c3ccccc3)=C2)/C1. The predicted octanol–water partition coefficient (Wildman–Crippen LogP) is 12.9. The molecule has 0 N–H and O–H groups in total. The largest absolute Gasteiger partial charge is 0.465 e. The Bertz CT molecular complexity index is 2240. The quantitative estimate of drug-likeness (QED) is 0.0760. The molecule has 4 nitrogen and oxygen atoms in total. The number of rotatable bonds is 11. The molecule has 2 aliphatic rings. The van der Waals surface area contributed by atoms with Crippen molar-refractivity contribution in [3.8, 4) is 20.9 Å². The van der Waals surface area contributed by atoms with Gasteiger partial charge in [-0.2, -0.15) is 0 Å². The number of hydrogen-bond donors (Lipinski definition) is 0. The normalized spacial score (nSPS) is 15.8. The molecule has 0 fully saturated rings. The van der Waals surface area contributed by atoms with Gasteiger partial charge < -0.3 is 9.47 Å². The van der Waals surface area contributed by atoms with Crippen molar-refractivity contribution in [1.82, 2.24) is 0 Å². The minimum absolute atomic E-state index is 0.158. The van der Waals surface area contributed by atoms with Crippen molar-refractivity contribution in [2.75, 3.05) is 13.2 Å². The van der Waals surface area contributed by atoms with E-state index in [1.807, 2.05) is 36.4 Å². The maximum Gasteiger partial charge on any atom is 0.324 e. The molecule has 0 unspecified atom stereocenters. The molecule has 56 heavy (non-hydrogen) atoms. The van der Waals surface area contributed by atoms with E-state index in [9.17, 15) is 9.59 Å². The molecule has 0 saturated heterocycles. The third-order valence-electron chi connectivity index (χ3n) is 9.56. The van der Waals surface area contributed by atoms with E-state index in [2.05, 4.69) is 140 Å². The molecule has 5 aromatic rings. The van der Waals surface area contributed by atoms with Gasteiger partial charge in [0, 0.05) is 33.1 Å². The van der Waals surface area contributed by atoms with Gasteiger partial charge in [-0.3, -0.25) is 9.59 Å². The van der Waals surface area contributed by atoms with Crippen molar-refractivity contribution in [2.45, 2.75) is 26.7 Å². The first-order valence-electron chi connectivity index (χ1n) is 18.9. The highest BCUT2D eigenvalue weighted by Crippen LogP contribution is 2.45. The summed E-state index contributed by atoms with van der Waals surface area (Å²) in [5.74, 6) is -1.14. The number of ether oxygens (including phenoxy) is 2. The Hall–Kier alpha value is -5.82. The van der Waals surface area contributed by atoms with Gasteiger partial charge in [-0.05, 0) is 96.5 Å². The van der Waals surface area contributed by atoms with Gasteiger partial charge in [-0.25, -0.2) is 0 Å². The van der Waals surface area contributed by atoms with E-state index in [1.165, 1.54) is 0 Å². The smallest absolute Gasteiger partial charge is 0.324 e. The van der Waals surface area contributed by atoms with Crippen LogP contribution in [-0.2, 0) is 19.1 Å². The molecule has 0 saturated carbocycles. The standard InChI is InChI=1S/C50H43O4S2/c1-3-53-48(51)50(49(52)54-4-2)34-38(27-25-36-30-44(40-17-9-5-10-18-40)55-45(31-36)41-19-11-6-12-20-41)29-39(35-50)28-26-37-32-46(42-21-13-7-14-22-42)56-47(33-37)43-23-15-8-16-24-43/h5-33H,3-4,34-35H2,1-2H3/q+1. The van der Waals surface area contributed by atoms with Crippen LogP contribution in [0.15, 0.2) is 187 Å². The second-order valence-electron chi connectivity index (χ2n) is 13.5. The Balaban J connectivity index is 1.32. The van der Waals surface area contributed by atoms with Gasteiger partial charge in [0.05, 0.1) is 13.2 Å². The number of esters is 2. The highest BCUT2D eigenvalue weighted by molar-refractivity contribution is 8.16. The monoisotopic (exact) mass is 771 g/mol. The minimum Gasteiger partial charge on any atom is -0.465 e. The van der Waals surface area contributed by atoms with Crippen LogP contribution < -0.4 is 0 Å². The highest BCUT2D eigenvalue weighted by Gasteiger charge is 2.51. The van der Waals surface area contributed by atoms with Gasteiger partial charge in [-0.15, -0.1) is 0 Å². The van der Waals surface area contributed by atoms with Crippen molar-refractivity contribution in [2.24, 2.45) is 5.41 Å². The number of thioether (sulfide) groups is 1. The molecule has 7 rings (SSSR count). The van der Waals surface area contributed by atoms with Crippen LogP contribution in [0.1, 0.15) is 43.4 Å². The molecule has 0 radical (unpaired) electrons. The second-order valence-corrected chi connectivity index (χ2v) is 15.7. The number of hydrogen-bond acceptors (Lipinski definition) is 5. The number of carbonyl (C=O) groups excluding carboxylic acids is 2. The van der Waals surface area contributed by atoms with Crippen LogP contribution in [0.5, 0.6) is 0 Å². The van der Waals surface area contributed by atoms with E-state index >= 15 is 0 Å². The van der Waals surface area contributed by atoms with Crippen LogP contribution in [0.25, 0.3) is 36.8 Å². The maximum absolute atomic E-state index is 13.9. The molecule has 278 valence electrons. The summed E-state index contributed by atoms with van der Waals surface area (Å²) >= 11 is 3.49. The molecule has 0 atom stereocenters. The highest BCUT2D eigenvalue weighted by atomic mass is 32.2. The lowest BCUT2D eigenvalue weighted by atomic mass is 9.71. The van der Waals surface area contributed by atoms with Crippen LogP contribution in [0.4, 0.5) is 0 Å². The van der Waals surface area contributed by atoms with Gasteiger partial charge in [0.15, 0.2) is 5.41 Å². The summed E-state index contributed by atoms with van der Waals surface area (Å²) in [7, 11) is 0. The zero-order valence-corrected chi connectivity index (χ0v) is 33.2. The molecule has 1 aliphatic carbocycles. The summed E-state index contributed by atoms with van der Waals surface area (Å²) in [5, 5.41) is 0. The van der Waals surface area contributed by atoms with E-state index in [1.54, 1.807) is 36.9 Å². The van der Waals surface area contributed by atoms with Gasteiger partial charge in [0.25, 0.3) is 0 Å². The second kappa shape index (κ2) is 18.2. The zero-order chi connectivity index (χ0) is 38.7. The molecule has 0 amide bonds. The molecule has 0 bridgehead atoms. The summed E-state index contributed by atoms with van der Waals surface area (Å²) in [6.07, 6.45) is 15.0. The molecule has 1 aromatic heterocycles. The fourth-order valence-electron chi connectivity index (χ4n) is 6.85. The van der Waals surface area contributed by atoms with Gasteiger partial charge in [0.2, 0.25) is 21.1 Å². The topological polar surface area (TPSA) is 52.6 Å². The Kier molecular flexibility index (Phi) is 12.5. The first-order valence-corrected chi connectivity index (χ1v) is 20.5. The Morgan fingerprint density at radius 2 is 1.07 bits per heavy atom. The van der Waals surface area contributed by atoms with E-state index < -0.39 is 17.4 Å². The van der Waals surface area contributed by atoms with Crippen molar-refractivity contribution in [3.63, 3.8) is 0 Å². The van der Waals surface area contributed by atoms with Gasteiger partial charge >= 0.3 is 11.9 Å². The summed E-state index contributed by atoms with van der Waals surface area (Å²) in [6, 6.07) is 45.9. The molecule has 4 aromatic carbocycles. The minimum atomic E-state index is -1.52. The van der Waals surface area contributed by atoms with E-state index in [4.69, 9.17) is 9.47 Å². The van der Waals surface area contributed by atoms with Crippen LogP contribution >= 0.6 is 23.1 Å². The van der Waals surface area contributed by atoms with E-state index in [0.29, 0.717) is 0 Å². The maximum atomic E-state index is 13.9. The molecular formula is C50H43O4S2+. The average Bonchev–Trinajstić information content (AvgIpc) is 3.26. The number of benzene rings is 4. The Labute approximate surface area is 337 Å². The van der Waals surface area contributed by atoms with Crippen molar-refractivity contribution >= 4 is 50.9 Å². The number of carbonyl (C=O) groups is 2. The van der Waals surface area contributed by atoms with Crippen molar-refractivity contribution < 1.29 is 19.1 Å². The van der Waals surface area contributed by atoms with E-state index in [0.717, 1.165) is 64.1 Å². The average molecular weight is 772 g/mol. The molecule has 0 spiro atoms. The fraction of sp³-hybridized carbons (Fsp3) is 0.140. The molecule has 2 heterocycles. The first kappa shape index (κ1) is 38.5. The predicted molar refractivity (Wildman–Crippen MR) is 234 cm³/mol. The summed E-state index contributed by atoms with van der Waals surface area (Å²) < 4.78 is 11.2. The number of allylic oxidation sites excluding steroid dienone is 9. The third-order valence-corrected chi connectivity index (χ3v) is 11.9. The van der Waals surface area contributed by atoms with Crippen LogP contribution in [0.3, 0.4) is 0 Å². The Morgan fingerprint density at radius 3 is 1.54 bits per heavy atom. The molecule has 1 aliphatic heterocycles. The first-order chi connectivity index (χ1) is 27.4. The Morgan fingerprint density at radius 1 is 0.607 bits per heavy atom. The lowest BCUT2D eigenvalue weighted by Gasteiger charge is -2.33. The van der Waals surface area contributed by atoms with Gasteiger partial charge in [-0.1, -0.05) is 139 Å². The lowest BCUT2D eigenvalue weighted by molar-refractivity contribution is -0.172. The molecule has 6 heteroatoms. The fourth-order valence-corrected chi connectivity index (χ4v) is 9.12. The molecular weight excluding hydrogens is 729 g/mol. The van der Waals surface area contributed by atoms with Gasteiger partial charge in [0.1, 0.15) is 0 Å². The summed E-state index contributed by atoms with van der Waals surface area (Å²) in [5.41, 5.74) is 6.71. The van der Waals surface area contributed by atoms with Crippen LogP contribution in [0.2, 0.25) is 0 Å². The van der Waals surface area contributed by atoms with Crippen molar-refractivity contribution in [3.05, 3.63) is 203 Å². The zero-order valence-electron chi connectivity index (χ0n) is 31.5. The summed E-state index contributed by atoms with van der Waals surface area (Å²) in [4.78, 5) is 32.3. The van der Waals surface area contributed by atoms with E-state index in [-0.39, 0.29) is 26.1 Å². The van der Waals surface area contributed by atoms with Crippen LogP contribution in [-0.4, -0.2) is 25.2 Å². The summed E-state index contributed by atoms with van der Waals surface area (Å²) in [6.45, 7) is 3.84. The van der Waals surface area contributed by atoms with Crippen LogP contribution in [0, 0.1) is 5.41 Å².